The van der Waals surface area contributed by atoms with Crippen LogP contribution in [0.2, 0.25) is 0 Å². The number of fused-ring (bicyclic) bond motifs is 1. The van der Waals surface area contributed by atoms with E-state index in [0.717, 1.165) is 22.5 Å². The fourth-order valence-electron chi connectivity index (χ4n) is 6.22. The number of anilines is 2. The molecule has 0 unspecified atom stereocenters. The molecule has 1 fully saturated rings. The van der Waals surface area contributed by atoms with Crippen LogP contribution in [0.15, 0.2) is 73.1 Å². The second-order valence-corrected chi connectivity index (χ2v) is 12.6. The summed E-state index contributed by atoms with van der Waals surface area (Å²) in [6, 6.07) is 19.9. The van der Waals surface area contributed by atoms with Crippen LogP contribution in [-0.4, -0.2) is 46.3 Å². The van der Waals surface area contributed by atoms with Gasteiger partial charge in [0.05, 0.1) is 0 Å². The summed E-state index contributed by atoms with van der Waals surface area (Å²) in [5, 5.41) is 4.27. The van der Waals surface area contributed by atoms with E-state index in [2.05, 4.69) is 54.3 Å². The number of benzene rings is 2. The zero-order chi connectivity index (χ0) is 29.5. The third-order valence-corrected chi connectivity index (χ3v) is 8.94. The van der Waals surface area contributed by atoms with Crippen LogP contribution in [-0.2, 0) is 16.1 Å². The van der Waals surface area contributed by atoms with E-state index in [1.807, 2.05) is 75.3 Å². The van der Waals surface area contributed by atoms with Gasteiger partial charge >= 0.3 is 0 Å². The highest BCUT2D eigenvalue weighted by Crippen LogP contribution is 2.67. The zero-order valence-electron chi connectivity index (χ0n) is 25.2. The smallest absolute Gasteiger partial charge is 0.249 e. The second-order valence-electron chi connectivity index (χ2n) is 12.6. The molecular weight excluding hydrogens is 510 g/mol. The molecule has 1 saturated carbocycles. The van der Waals surface area contributed by atoms with E-state index in [-0.39, 0.29) is 29.1 Å². The molecule has 0 radical (unpaired) electrons. The molecule has 1 aliphatic rings. The minimum atomic E-state index is -1.10. The first kappa shape index (κ1) is 28.4. The molecule has 41 heavy (non-hydrogen) atoms. The fourth-order valence-corrected chi connectivity index (χ4v) is 6.22. The molecule has 2 amide bonds. The van der Waals surface area contributed by atoms with E-state index in [9.17, 15) is 9.59 Å². The van der Waals surface area contributed by atoms with Crippen molar-refractivity contribution in [1.29, 1.82) is 0 Å². The Bertz CT molecular complexity index is 1550. The van der Waals surface area contributed by atoms with Crippen LogP contribution in [0.5, 0.6) is 0 Å². The van der Waals surface area contributed by atoms with Crippen molar-refractivity contribution in [2.75, 3.05) is 24.3 Å². The maximum atomic E-state index is 14.2. The van der Waals surface area contributed by atoms with Gasteiger partial charge in [-0.1, -0.05) is 38.1 Å². The highest BCUT2D eigenvalue weighted by Gasteiger charge is 2.60. The van der Waals surface area contributed by atoms with Crippen LogP contribution < -0.4 is 10.2 Å². The Morgan fingerprint density at radius 3 is 2.39 bits per heavy atom. The van der Waals surface area contributed by atoms with Crippen molar-refractivity contribution < 1.29 is 9.59 Å². The van der Waals surface area contributed by atoms with Crippen molar-refractivity contribution in [2.45, 2.75) is 59.0 Å². The van der Waals surface area contributed by atoms with Gasteiger partial charge in [0.25, 0.3) is 0 Å². The summed E-state index contributed by atoms with van der Waals surface area (Å²) < 4.78 is 0. The number of rotatable bonds is 9. The number of carbonyl (C=O) groups excluding carboxylic acids is 2. The summed E-state index contributed by atoms with van der Waals surface area (Å²) in [5.74, 6) is 0.165. The average Bonchev–Trinajstić information content (AvgIpc) is 3.28. The van der Waals surface area contributed by atoms with Crippen LogP contribution in [0.25, 0.3) is 10.9 Å². The van der Waals surface area contributed by atoms with E-state index in [0.29, 0.717) is 18.7 Å². The van der Waals surface area contributed by atoms with Gasteiger partial charge in [0, 0.05) is 67.4 Å². The number of hydrogen-bond acceptors (Lipinski definition) is 4. The number of nitrogens with zero attached hydrogens (tertiary/aromatic N) is 3. The lowest BCUT2D eigenvalue weighted by atomic mass is 9.98. The van der Waals surface area contributed by atoms with Gasteiger partial charge in [-0.15, -0.1) is 0 Å². The highest BCUT2D eigenvalue weighted by atomic mass is 16.2. The molecule has 7 nitrogen and oxygen atoms in total. The molecule has 5 rings (SSSR count). The molecule has 0 spiro atoms. The first-order valence-electron chi connectivity index (χ1n) is 14.3. The van der Waals surface area contributed by atoms with Gasteiger partial charge in [-0.25, -0.2) is 0 Å². The number of hydrogen-bond donors (Lipinski definition) is 2. The molecule has 1 aliphatic carbocycles. The van der Waals surface area contributed by atoms with E-state index in [1.165, 1.54) is 10.9 Å². The van der Waals surface area contributed by atoms with Crippen LogP contribution in [0.4, 0.5) is 11.4 Å². The lowest BCUT2D eigenvalue weighted by Gasteiger charge is -2.37. The number of aryl methyl sites for hydroxylation is 1. The largest absolute Gasteiger partial charge is 0.378 e. The maximum absolute atomic E-state index is 14.2. The quantitative estimate of drug-likeness (QED) is 0.248. The van der Waals surface area contributed by atoms with E-state index in [1.54, 1.807) is 17.3 Å². The Hall–Kier alpha value is -4.13. The zero-order valence-corrected chi connectivity index (χ0v) is 25.2. The van der Waals surface area contributed by atoms with Crippen LogP contribution in [0.1, 0.15) is 56.9 Å². The predicted molar refractivity (Wildman–Crippen MR) is 166 cm³/mol. The van der Waals surface area contributed by atoms with Gasteiger partial charge in [-0.3, -0.25) is 14.6 Å². The van der Waals surface area contributed by atoms with Crippen molar-refractivity contribution in [3.63, 3.8) is 0 Å². The number of H-pyrrole nitrogens is 1. The minimum absolute atomic E-state index is 0.0324. The van der Waals surface area contributed by atoms with Crippen LogP contribution in [0.3, 0.4) is 0 Å². The van der Waals surface area contributed by atoms with E-state index < -0.39 is 5.54 Å². The number of aromatic amines is 1. The van der Waals surface area contributed by atoms with Gasteiger partial charge in [0.1, 0.15) is 5.54 Å². The van der Waals surface area contributed by atoms with Gasteiger partial charge in [-0.2, -0.15) is 0 Å². The third-order valence-electron chi connectivity index (χ3n) is 8.94. The molecule has 0 aliphatic heterocycles. The van der Waals surface area contributed by atoms with Crippen LogP contribution >= 0.6 is 0 Å². The van der Waals surface area contributed by atoms with Gasteiger partial charge < -0.3 is 20.1 Å². The van der Waals surface area contributed by atoms with Gasteiger partial charge in [0.2, 0.25) is 11.8 Å². The molecule has 214 valence electrons. The summed E-state index contributed by atoms with van der Waals surface area (Å²) in [6.45, 7) is 10.6. The summed E-state index contributed by atoms with van der Waals surface area (Å²) >= 11 is 0. The number of nitrogens with one attached hydrogen (secondary N) is 2. The number of aromatic nitrogens is 2. The van der Waals surface area contributed by atoms with Crippen molar-refractivity contribution in [2.24, 2.45) is 11.3 Å². The Morgan fingerprint density at radius 1 is 1.02 bits per heavy atom. The average molecular weight is 552 g/mol. The van der Waals surface area contributed by atoms with Crippen molar-refractivity contribution >= 4 is 34.1 Å². The molecule has 4 aromatic rings. The summed E-state index contributed by atoms with van der Waals surface area (Å²) in [7, 11) is 3.95. The normalized spacial score (nSPS) is 17.7. The number of para-hydroxylation sites is 1. The summed E-state index contributed by atoms with van der Waals surface area (Å²) in [4.78, 5) is 39.4. The molecule has 7 heteroatoms. The maximum Gasteiger partial charge on any atom is 0.249 e. The van der Waals surface area contributed by atoms with E-state index in [4.69, 9.17) is 0 Å². The van der Waals surface area contributed by atoms with Crippen LogP contribution in [0, 0.1) is 18.3 Å². The van der Waals surface area contributed by atoms with Crippen molar-refractivity contribution in [3.8, 4) is 0 Å². The summed E-state index contributed by atoms with van der Waals surface area (Å²) in [5.41, 5.74) is 5.08. The number of amides is 2. The van der Waals surface area contributed by atoms with Gasteiger partial charge in [0.15, 0.2) is 0 Å². The second kappa shape index (κ2) is 10.7. The SMILES string of the molecule is Cc1[nH]c2ccccc2c1[C@H]1[C@@H](CC(=O)N(Cc2cccnc2)C(C)(C)C(=O)Nc2ccc(N(C)C)cc2)C1(C)C. The fraction of sp³-hybridized carbons (Fsp3) is 0.382. The molecule has 2 atom stereocenters. The molecule has 2 aromatic heterocycles. The molecule has 0 saturated heterocycles. The third kappa shape index (κ3) is 5.45. The first-order valence-corrected chi connectivity index (χ1v) is 14.3. The van der Waals surface area contributed by atoms with E-state index >= 15 is 0 Å². The lowest BCUT2D eigenvalue weighted by molar-refractivity contribution is -0.145. The topological polar surface area (TPSA) is 81.3 Å². The Kier molecular flexibility index (Phi) is 7.41. The van der Waals surface area contributed by atoms with Gasteiger partial charge in [-0.05, 0) is 85.5 Å². The lowest BCUT2D eigenvalue weighted by Crippen LogP contribution is -2.54. The standard InChI is InChI=1S/C34H41N5O2/c1-22-30(26-12-8-9-13-28(26)36-22)31-27(33(31,2)3)19-29(40)39(21-23-11-10-18-35-20-23)34(4,5)32(41)37-24-14-16-25(17-15-24)38(6)7/h8-18,20,27,31,36H,19,21H2,1-7H3,(H,37,41)/t27-,31-/m1/s1. The highest BCUT2D eigenvalue weighted by molar-refractivity contribution is 6.00. The minimum Gasteiger partial charge on any atom is -0.378 e. The molecule has 2 heterocycles. The van der Waals surface area contributed by atoms with Crippen molar-refractivity contribution in [1.82, 2.24) is 14.9 Å². The predicted octanol–water partition coefficient (Wildman–Crippen LogP) is 6.51. The molecular formula is C34H41N5O2. The number of pyridine rings is 1. The van der Waals surface area contributed by atoms with Crippen molar-refractivity contribution in [3.05, 3.63) is 89.9 Å². The monoisotopic (exact) mass is 551 g/mol. The summed E-state index contributed by atoms with van der Waals surface area (Å²) in [6.07, 6.45) is 3.84. The molecule has 0 bridgehead atoms. The molecule has 2 aromatic carbocycles. The first-order chi connectivity index (χ1) is 19.4. The Balaban J connectivity index is 1.40. The Morgan fingerprint density at radius 2 is 1.73 bits per heavy atom. The Labute approximate surface area is 243 Å². The number of carbonyl (C=O) groups is 2. The molecule has 2 N–H and O–H groups in total.